The van der Waals surface area contributed by atoms with Crippen LogP contribution in [0.4, 0.5) is 0 Å². The van der Waals surface area contributed by atoms with Crippen LogP contribution in [0, 0.1) is 0 Å². The van der Waals surface area contributed by atoms with Gasteiger partial charge in [0, 0.05) is 28.7 Å². The van der Waals surface area contributed by atoms with Gasteiger partial charge in [-0.3, -0.25) is 9.59 Å². The Morgan fingerprint density at radius 3 is 2.81 bits per heavy atom. The van der Waals surface area contributed by atoms with Crippen LogP contribution < -0.4 is 5.73 Å². The summed E-state index contributed by atoms with van der Waals surface area (Å²) in [6.07, 6.45) is 4.85. The first-order valence-electron chi connectivity index (χ1n) is 9.40. The van der Waals surface area contributed by atoms with E-state index in [0.717, 1.165) is 23.7 Å². The minimum absolute atomic E-state index is 0.0723. The molecule has 0 bridgehead atoms. The molecule has 1 fully saturated rings. The predicted octanol–water partition coefficient (Wildman–Crippen LogP) is 2.15. The van der Waals surface area contributed by atoms with E-state index in [2.05, 4.69) is 4.98 Å². The van der Waals surface area contributed by atoms with Crippen molar-refractivity contribution in [2.75, 3.05) is 13.1 Å². The van der Waals surface area contributed by atoms with Gasteiger partial charge in [0.05, 0.1) is 12.6 Å². The Labute approximate surface area is 152 Å². The zero-order valence-corrected chi connectivity index (χ0v) is 15.1. The minimum Gasteiger partial charge on any atom is -0.367 e. The van der Waals surface area contributed by atoms with Gasteiger partial charge in [-0.15, -0.1) is 0 Å². The van der Waals surface area contributed by atoms with Crippen molar-refractivity contribution in [2.24, 2.45) is 5.73 Å². The molecule has 0 radical (unpaired) electrons. The topological polar surface area (TPSA) is 88.4 Å². The molecule has 138 valence electrons. The summed E-state index contributed by atoms with van der Waals surface area (Å²) in [6, 6.07) is 5.85. The maximum Gasteiger partial charge on any atom is 0.254 e. The first kappa shape index (κ1) is 17.1. The molecular weight excluding hydrogens is 330 g/mol. The molecule has 1 aromatic carbocycles. The van der Waals surface area contributed by atoms with Crippen molar-refractivity contribution in [2.45, 2.75) is 51.2 Å². The average molecular weight is 355 g/mol. The van der Waals surface area contributed by atoms with Crippen molar-refractivity contribution in [3.05, 3.63) is 35.0 Å². The van der Waals surface area contributed by atoms with Gasteiger partial charge < -0.3 is 20.4 Å². The van der Waals surface area contributed by atoms with Crippen molar-refractivity contribution in [1.82, 2.24) is 9.88 Å². The molecule has 6 heteroatoms. The number of fused-ring (bicyclic) bond motifs is 3. The van der Waals surface area contributed by atoms with Crippen LogP contribution >= 0.6 is 0 Å². The lowest BCUT2D eigenvalue weighted by Crippen LogP contribution is -2.53. The summed E-state index contributed by atoms with van der Waals surface area (Å²) in [5.74, 6) is -0.599. The second-order valence-corrected chi connectivity index (χ2v) is 7.45. The quantitative estimate of drug-likeness (QED) is 0.809. The van der Waals surface area contributed by atoms with Gasteiger partial charge in [-0.1, -0.05) is 6.42 Å². The highest BCUT2D eigenvalue weighted by atomic mass is 16.5. The molecule has 0 spiro atoms. The third-order valence-corrected chi connectivity index (χ3v) is 5.46. The lowest BCUT2D eigenvalue weighted by atomic mass is 10.0. The Morgan fingerprint density at radius 2 is 2.00 bits per heavy atom. The van der Waals surface area contributed by atoms with Gasteiger partial charge in [-0.25, -0.2) is 0 Å². The fraction of sp³-hybridized carbons (Fsp3) is 0.500. The van der Waals surface area contributed by atoms with Crippen LogP contribution in [0.25, 0.3) is 10.9 Å². The smallest absolute Gasteiger partial charge is 0.254 e. The molecule has 3 N–H and O–H groups in total. The number of carbonyl (C=O) groups excluding carboxylic acids is 2. The number of hydrogen-bond acceptors (Lipinski definition) is 3. The van der Waals surface area contributed by atoms with Gasteiger partial charge in [-0.2, -0.15) is 0 Å². The molecule has 1 saturated heterocycles. The molecule has 2 aliphatic rings. The third kappa shape index (κ3) is 3.09. The van der Waals surface area contributed by atoms with Crippen LogP contribution in [0.3, 0.4) is 0 Å². The van der Waals surface area contributed by atoms with Crippen molar-refractivity contribution < 1.29 is 14.3 Å². The Hall–Kier alpha value is -2.34. The number of benzene rings is 1. The Kier molecular flexibility index (Phi) is 4.44. The predicted molar refractivity (Wildman–Crippen MR) is 99.0 cm³/mol. The normalized spacial score (nSPS) is 23.5. The minimum atomic E-state index is -0.741. The number of rotatable bonds is 2. The highest BCUT2D eigenvalue weighted by molar-refractivity contribution is 5.99. The number of primary amides is 1. The second-order valence-electron chi connectivity index (χ2n) is 7.45. The number of amides is 2. The molecule has 2 atom stereocenters. The standard InChI is InChI=1S/C20H25N3O3/c1-12-10-23(11-18(26-12)19(21)24)20(25)13-7-8-17-15(9-13)14-5-3-2-4-6-16(14)22-17/h7-9,12,18,22H,2-6,10-11H2,1H3,(H2,21,24)/t12-,18?/m1/s1. The fourth-order valence-electron chi connectivity index (χ4n) is 4.17. The van der Waals surface area contributed by atoms with Crippen molar-refractivity contribution in [1.29, 1.82) is 0 Å². The summed E-state index contributed by atoms with van der Waals surface area (Å²) in [6.45, 7) is 2.53. The number of morpholine rings is 1. The number of hydrogen-bond donors (Lipinski definition) is 2. The molecule has 2 heterocycles. The second kappa shape index (κ2) is 6.76. The van der Waals surface area contributed by atoms with Gasteiger partial charge in [0.25, 0.3) is 5.91 Å². The Morgan fingerprint density at radius 1 is 1.19 bits per heavy atom. The molecular formula is C20H25N3O3. The van der Waals surface area contributed by atoms with E-state index >= 15 is 0 Å². The van der Waals surface area contributed by atoms with E-state index in [9.17, 15) is 9.59 Å². The van der Waals surface area contributed by atoms with Gasteiger partial charge in [0.1, 0.15) is 0 Å². The molecule has 6 nitrogen and oxygen atoms in total. The van der Waals surface area contributed by atoms with Gasteiger partial charge in [0.15, 0.2) is 6.10 Å². The number of aromatic nitrogens is 1. The van der Waals surface area contributed by atoms with Crippen molar-refractivity contribution >= 4 is 22.7 Å². The maximum atomic E-state index is 13.0. The number of H-pyrrole nitrogens is 1. The van der Waals surface area contributed by atoms with E-state index in [1.165, 1.54) is 30.5 Å². The first-order valence-corrected chi connectivity index (χ1v) is 9.40. The number of aromatic amines is 1. The summed E-state index contributed by atoms with van der Waals surface area (Å²) in [7, 11) is 0. The van der Waals surface area contributed by atoms with E-state index in [-0.39, 0.29) is 18.6 Å². The number of ether oxygens (including phenoxy) is 1. The molecule has 1 aliphatic carbocycles. The molecule has 2 amide bonds. The van der Waals surface area contributed by atoms with Crippen LogP contribution in [0.5, 0.6) is 0 Å². The van der Waals surface area contributed by atoms with E-state index < -0.39 is 12.0 Å². The molecule has 1 unspecified atom stereocenters. The zero-order valence-electron chi connectivity index (χ0n) is 15.1. The highest BCUT2D eigenvalue weighted by Gasteiger charge is 2.32. The van der Waals surface area contributed by atoms with Crippen LogP contribution in [0.15, 0.2) is 18.2 Å². The monoisotopic (exact) mass is 355 g/mol. The summed E-state index contributed by atoms with van der Waals surface area (Å²) in [5.41, 5.74) is 9.80. The molecule has 0 saturated carbocycles. The highest BCUT2D eigenvalue weighted by Crippen LogP contribution is 2.29. The van der Waals surface area contributed by atoms with Crippen LogP contribution in [-0.2, 0) is 22.4 Å². The molecule has 26 heavy (non-hydrogen) atoms. The first-order chi connectivity index (χ1) is 12.5. The lowest BCUT2D eigenvalue weighted by molar-refractivity contribution is -0.140. The number of nitrogens with zero attached hydrogens (tertiary/aromatic N) is 1. The van der Waals surface area contributed by atoms with E-state index in [4.69, 9.17) is 10.5 Å². The van der Waals surface area contributed by atoms with Crippen molar-refractivity contribution in [3.8, 4) is 0 Å². The molecule has 2 aromatic rings. The fourth-order valence-corrected chi connectivity index (χ4v) is 4.17. The number of nitrogens with one attached hydrogen (secondary N) is 1. The Balaban J connectivity index is 1.64. The largest absolute Gasteiger partial charge is 0.367 e. The summed E-state index contributed by atoms with van der Waals surface area (Å²) >= 11 is 0. The van der Waals surface area contributed by atoms with E-state index in [1.807, 2.05) is 25.1 Å². The zero-order chi connectivity index (χ0) is 18.3. The SMILES string of the molecule is C[C@@H]1CN(C(=O)c2ccc3[nH]c4c(c3c2)CCCCC4)CC(C(N)=O)O1. The van der Waals surface area contributed by atoms with Crippen LogP contribution in [0.2, 0.25) is 0 Å². The molecule has 1 aliphatic heterocycles. The van der Waals surface area contributed by atoms with E-state index in [0.29, 0.717) is 12.1 Å². The van der Waals surface area contributed by atoms with Gasteiger partial charge in [-0.05, 0) is 56.4 Å². The third-order valence-electron chi connectivity index (χ3n) is 5.46. The van der Waals surface area contributed by atoms with Gasteiger partial charge >= 0.3 is 0 Å². The number of carbonyl (C=O) groups is 2. The number of aryl methyl sites for hydroxylation is 2. The van der Waals surface area contributed by atoms with Crippen LogP contribution in [-0.4, -0.2) is 47.0 Å². The van der Waals surface area contributed by atoms with Crippen LogP contribution in [0.1, 0.15) is 47.8 Å². The van der Waals surface area contributed by atoms with E-state index in [1.54, 1.807) is 4.90 Å². The average Bonchev–Trinajstić information content (AvgIpc) is 2.80. The van der Waals surface area contributed by atoms with Crippen molar-refractivity contribution in [3.63, 3.8) is 0 Å². The van der Waals surface area contributed by atoms with Gasteiger partial charge in [0.2, 0.25) is 5.91 Å². The number of nitrogens with two attached hydrogens (primary N) is 1. The summed E-state index contributed by atoms with van der Waals surface area (Å²) in [5, 5.41) is 1.15. The maximum absolute atomic E-state index is 13.0. The Bertz CT molecular complexity index is 857. The molecule has 1 aromatic heterocycles. The molecule has 4 rings (SSSR count). The lowest BCUT2D eigenvalue weighted by Gasteiger charge is -2.35. The summed E-state index contributed by atoms with van der Waals surface area (Å²) < 4.78 is 5.54. The summed E-state index contributed by atoms with van der Waals surface area (Å²) in [4.78, 5) is 29.7.